The van der Waals surface area contributed by atoms with E-state index in [-0.39, 0.29) is 6.61 Å². The van der Waals surface area contributed by atoms with E-state index in [2.05, 4.69) is 4.74 Å². The van der Waals surface area contributed by atoms with Crippen LogP contribution in [-0.2, 0) is 10.3 Å². The Kier molecular flexibility index (Phi) is 3.44. The number of aliphatic hydroxyl groups is 1. The molecule has 0 aliphatic heterocycles. The van der Waals surface area contributed by atoms with Crippen molar-refractivity contribution in [2.75, 3.05) is 13.7 Å². The molecule has 0 spiro atoms. The Labute approximate surface area is 88.7 Å². The maximum Gasteiger partial charge on any atom is 0.337 e. The Morgan fingerprint density at radius 2 is 2.27 bits per heavy atom. The van der Waals surface area contributed by atoms with Crippen LogP contribution in [0.1, 0.15) is 22.8 Å². The zero-order valence-corrected chi connectivity index (χ0v) is 8.86. The average molecular weight is 209 g/mol. The van der Waals surface area contributed by atoms with Crippen LogP contribution >= 0.6 is 0 Å². The maximum atomic E-state index is 11.3. The van der Waals surface area contributed by atoms with Crippen molar-refractivity contribution < 1.29 is 14.6 Å². The predicted molar refractivity (Wildman–Crippen MR) is 56.4 cm³/mol. The minimum Gasteiger partial charge on any atom is -0.465 e. The standard InChI is InChI=1S/C11H15NO3/c1-11(12,7-13)9-5-3-4-8(6-9)10(14)15-2/h3-6,13H,7,12H2,1-2H3. The van der Waals surface area contributed by atoms with Gasteiger partial charge in [-0.1, -0.05) is 12.1 Å². The number of rotatable bonds is 3. The van der Waals surface area contributed by atoms with Crippen molar-refractivity contribution in [2.45, 2.75) is 12.5 Å². The second kappa shape index (κ2) is 4.42. The summed E-state index contributed by atoms with van der Waals surface area (Å²) in [7, 11) is 1.32. The number of esters is 1. The van der Waals surface area contributed by atoms with E-state index in [9.17, 15) is 4.79 Å². The van der Waals surface area contributed by atoms with Gasteiger partial charge in [-0.2, -0.15) is 0 Å². The smallest absolute Gasteiger partial charge is 0.337 e. The van der Waals surface area contributed by atoms with Gasteiger partial charge in [-0.05, 0) is 24.6 Å². The van der Waals surface area contributed by atoms with Gasteiger partial charge in [-0.15, -0.1) is 0 Å². The maximum absolute atomic E-state index is 11.3. The number of carbonyl (C=O) groups is 1. The molecule has 0 heterocycles. The second-order valence-corrected chi connectivity index (χ2v) is 3.65. The van der Waals surface area contributed by atoms with Crippen LogP contribution in [0.25, 0.3) is 0 Å². The van der Waals surface area contributed by atoms with E-state index >= 15 is 0 Å². The van der Waals surface area contributed by atoms with E-state index in [0.29, 0.717) is 11.1 Å². The number of carbonyl (C=O) groups excluding carboxylic acids is 1. The van der Waals surface area contributed by atoms with Crippen LogP contribution in [0.2, 0.25) is 0 Å². The molecule has 0 bridgehead atoms. The third-order valence-electron chi connectivity index (χ3n) is 2.27. The molecule has 4 heteroatoms. The van der Waals surface area contributed by atoms with E-state index in [1.165, 1.54) is 7.11 Å². The summed E-state index contributed by atoms with van der Waals surface area (Å²) in [6.07, 6.45) is 0. The number of hydrogen-bond acceptors (Lipinski definition) is 4. The number of benzene rings is 1. The van der Waals surface area contributed by atoms with Gasteiger partial charge in [0.15, 0.2) is 0 Å². The van der Waals surface area contributed by atoms with Gasteiger partial charge in [-0.25, -0.2) is 4.79 Å². The van der Waals surface area contributed by atoms with Crippen molar-refractivity contribution in [3.63, 3.8) is 0 Å². The molecule has 15 heavy (non-hydrogen) atoms. The summed E-state index contributed by atoms with van der Waals surface area (Å²) in [5.74, 6) is -0.411. The normalized spacial score (nSPS) is 14.4. The van der Waals surface area contributed by atoms with Crippen LogP contribution in [-0.4, -0.2) is 24.8 Å². The van der Waals surface area contributed by atoms with E-state index in [1.54, 1.807) is 31.2 Å². The highest BCUT2D eigenvalue weighted by molar-refractivity contribution is 5.89. The van der Waals surface area contributed by atoms with Crippen molar-refractivity contribution in [3.8, 4) is 0 Å². The lowest BCUT2D eigenvalue weighted by Gasteiger charge is -2.22. The number of aliphatic hydroxyl groups excluding tert-OH is 1. The monoisotopic (exact) mass is 209 g/mol. The molecule has 1 aromatic rings. The lowest BCUT2D eigenvalue weighted by atomic mass is 9.93. The van der Waals surface area contributed by atoms with Crippen LogP contribution in [0.4, 0.5) is 0 Å². The molecule has 3 N–H and O–H groups in total. The number of ether oxygens (including phenoxy) is 1. The van der Waals surface area contributed by atoms with Gasteiger partial charge in [0, 0.05) is 0 Å². The summed E-state index contributed by atoms with van der Waals surface area (Å²) in [6.45, 7) is 1.51. The molecule has 0 radical (unpaired) electrons. The van der Waals surface area contributed by atoms with Gasteiger partial charge in [0.2, 0.25) is 0 Å². The van der Waals surface area contributed by atoms with Crippen molar-refractivity contribution >= 4 is 5.97 Å². The predicted octanol–water partition coefficient (Wildman–Crippen LogP) is 0.639. The largest absolute Gasteiger partial charge is 0.465 e. The van der Waals surface area contributed by atoms with Gasteiger partial charge in [-0.3, -0.25) is 0 Å². The molecule has 0 saturated heterocycles. The summed E-state index contributed by atoms with van der Waals surface area (Å²) < 4.78 is 4.60. The van der Waals surface area contributed by atoms with Crippen LogP contribution in [0.3, 0.4) is 0 Å². The molecule has 0 saturated carbocycles. The van der Waals surface area contributed by atoms with E-state index in [1.807, 2.05) is 0 Å². The zero-order valence-electron chi connectivity index (χ0n) is 8.86. The summed E-state index contributed by atoms with van der Waals surface area (Å²) >= 11 is 0. The molecule has 0 aliphatic rings. The zero-order chi connectivity index (χ0) is 11.5. The fourth-order valence-electron chi connectivity index (χ4n) is 1.21. The van der Waals surface area contributed by atoms with Crippen molar-refractivity contribution in [2.24, 2.45) is 5.73 Å². The van der Waals surface area contributed by atoms with Crippen LogP contribution in [0.5, 0.6) is 0 Å². The van der Waals surface area contributed by atoms with E-state index in [0.717, 1.165) is 0 Å². The molecule has 0 aliphatic carbocycles. The van der Waals surface area contributed by atoms with Gasteiger partial charge >= 0.3 is 5.97 Å². The lowest BCUT2D eigenvalue weighted by molar-refractivity contribution is 0.0600. The van der Waals surface area contributed by atoms with Crippen molar-refractivity contribution in [3.05, 3.63) is 35.4 Å². The average Bonchev–Trinajstić information content (AvgIpc) is 2.28. The fraction of sp³-hybridized carbons (Fsp3) is 0.364. The Hall–Kier alpha value is -1.39. The molecule has 0 fully saturated rings. The SMILES string of the molecule is COC(=O)c1cccc(C(C)(N)CO)c1. The Balaban J connectivity index is 3.08. The highest BCUT2D eigenvalue weighted by Gasteiger charge is 2.20. The molecule has 1 aromatic carbocycles. The van der Waals surface area contributed by atoms with Gasteiger partial charge in [0.05, 0.1) is 24.8 Å². The van der Waals surface area contributed by atoms with Gasteiger partial charge in [0.1, 0.15) is 0 Å². The minimum absolute atomic E-state index is 0.183. The van der Waals surface area contributed by atoms with Crippen LogP contribution in [0.15, 0.2) is 24.3 Å². The Morgan fingerprint density at radius 3 is 2.80 bits per heavy atom. The van der Waals surface area contributed by atoms with Crippen molar-refractivity contribution in [1.29, 1.82) is 0 Å². The summed E-state index contributed by atoms with van der Waals surface area (Å²) in [6, 6.07) is 6.75. The summed E-state index contributed by atoms with van der Waals surface area (Å²) in [4.78, 5) is 11.3. The highest BCUT2D eigenvalue weighted by Crippen LogP contribution is 2.18. The van der Waals surface area contributed by atoms with E-state index in [4.69, 9.17) is 10.8 Å². The first-order valence-electron chi connectivity index (χ1n) is 4.60. The van der Waals surface area contributed by atoms with Crippen LogP contribution in [0, 0.1) is 0 Å². The van der Waals surface area contributed by atoms with Crippen LogP contribution < -0.4 is 5.73 Å². The summed E-state index contributed by atoms with van der Waals surface area (Å²) in [5.41, 5.74) is 6.13. The quantitative estimate of drug-likeness (QED) is 0.716. The first-order valence-corrected chi connectivity index (χ1v) is 4.60. The first-order chi connectivity index (χ1) is 7.01. The number of methoxy groups -OCH3 is 1. The van der Waals surface area contributed by atoms with Crippen molar-refractivity contribution in [1.82, 2.24) is 0 Å². The Bertz CT molecular complexity index is 361. The fourth-order valence-corrected chi connectivity index (χ4v) is 1.21. The number of hydrogen-bond donors (Lipinski definition) is 2. The molecule has 82 valence electrons. The first kappa shape index (κ1) is 11.7. The minimum atomic E-state index is -0.843. The van der Waals surface area contributed by atoms with Gasteiger partial charge in [0.25, 0.3) is 0 Å². The molecular weight excluding hydrogens is 194 g/mol. The van der Waals surface area contributed by atoms with Gasteiger partial charge < -0.3 is 15.6 Å². The molecule has 0 amide bonds. The lowest BCUT2D eigenvalue weighted by Crippen LogP contribution is -2.37. The molecule has 1 atom stereocenters. The highest BCUT2D eigenvalue weighted by atomic mass is 16.5. The second-order valence-electron chi connectivity index (χ2n) is 3.65. The number of nitrogens with two attached hydrogens (primary N) is 1. The third-order valence-corrected chi connectivity index (χ3v) is 2.27. The third kappa shape index (κ3) is 2.55. The van der Waals surface area contributed by atoms with E-state index < -0.39 is 11.5 Å². The molecule has 1 unspecified atom stereocenters. The molecule has 4 nitrogen and oxygen atoms in total. The Morgan fingerprint density at radius 1 is 1.60 bits per heavy atom. The summed E-state index contributed by atoms with van der Waals surface area (Å²) in [5, 5.41) is 9.09. The molecular formula is C11H15NO3. The topological polar surface area (TPSA) is 72.5 Å². The molecule has 0 aromatic heterocycles. The molecule has 1 rings (SSSR count).